The molecule has 114 valence electrons. The first kappa shape index (κ1) is 15.3. The van der Waals surface area contributed by atoms with Crippen LogP contribution in [0.25, 0.3) is 11.0 Å². The van der Waals surface area contributed by atoms with E-state index in [1.165, 1.54) is 6.07 Å². The standard InChI is InChI=1S/C12H15N3O5S/c1-7-5-8-9(15-12(18)14-8)6-10(7)21(19,20)13-4-2-3-11(16)17/h5-6,13H,2-4H2,1H3,(H,16,17)(H2,14,15,18). The van der Waals surface area contributed by atoms with Gasteiger partial charge in [0.25, 0.3) is 0 Å². The number of aromatic amines is 2. The lowest BCUT2D eigenvalue weighted by Crippen LogP contribution is -2.26. The van der Waals surface area contributed by atoms with Crippen LogP contribution in [0.4, 0.5) is 0 Å². The summed E-state index contributed by atoms with van der Waals surface area (Å²) in [6.45, 7) is 1.66. The third-order valence-corrected chi connectivity index (χ3v) is 4.56. The Morgan fingerprint density at radius 3 is 2.52 bits per heavy atom. The summed E-state index contributed by atoms with van der Waals surface area (Å²) in [5, 5.41) is 8.51. The van der Waals surface area contributed by atoms with Crippen molar-refractivity contribution in [1.82, 2.24) is 14.7 Å². The fourth-order valence-corrected chi connectivity index (χ4v) is 3.31. The zero-order valence-corrected chi connectivity index (χ0v) is 12.1. The summed E-state index contributed by atoms with van der Waals surface area (Å²) in [4.78, 5) is 26.7. The molecule has 1 aromatic carbocycles. The Morgan fingerprint density at radius 2 is 1.90 bits per heavy atom. The summed E-state index contributed by atoms with van der Waals surface area (Å²) in [5.74, 6) is -0.975. The van der Waals surface area contributed by atoms with E-state index in [1.54, 1.807) is 13.0 Å². The monoisotopic (exact) mass is 313 g/mol. The first-order valence-corrected chi connectivity index (χ1v) is 7.72. The largest absolute Gasteiger partial charge is 0.481 e. The van der Waals surface area contributed by atoms with E-state index in [0.717, 1.165) is 0 Å². The number of nitrogens with one attached hydrogen (secondary N) is 3. The molecule has 2 rings (SSSR count). The van der Waals surface area contributed by atoms with Crippen molar-refractivity contribution in [2.75, 3.05) is 6.54 Å². The number of carboxylic acids is 1. The molecule has 0 radical (unpaired) electrons. The number of hydrogen-bond acceptors (Lipinski definition) is 4. The highest BCUT2D eigenvalue weighted by atomic mass is 32.2. The molecular weight excluding hydrogens is 298 g/mol. The molecule has 0 amide bonds. The highest BCUT2D eigenvalue weighted by molar-refractivity contribution is 7.89. The highest BCUT2D eigenvalue weighted by Crippen LogP contribution is 2.20. The SMILES string of the molecule is Cc1cc2[nH]c(=O)[nH]c2cc1S(=O)(=O)NCCCC(=O)O. The second kappa shape index (κ2) is 5.70. The fourth-order valence-electron chi connectivity index (χ4n) is 1.98. The van der Waals surface area contributed by atoms with Gasteiger partial charge >= 0.3 is 11.7 Å². The molecular formula is C12H15N3O5S. The van der Waals surface area contributed by atoms with Crippen molar-refractivity contribution in [3.63, 3.8) is 0 Å². The van der Waals surface area contributed by atoms with Crippen LogP contribution in [0.5, 0.6) is 0 Å². The minimum Gasteiger partial charge on any atom is -0.481 e. The first-order chi connectivity index (χ1) is 9.79. The molecule has 0 saturated carbocycles. The lowest BCUT2D eigenvalue weighted by Gasteiger charge is -2.09. The third kappa shape index (κ3) is 3.50. The van der Waals surface area contributed by atoms with Gasteiger partial charge in [0.15, 0.2) is 0 Å². The Labute approximate surface area is 120 Å². The van der Waals surface area contributed by atoms with Gasteiger partial charge in [-0.1, -0.05) is 0 Å². The van der Waals surface area contributed by atoms with E-state index in [-0.39, 0.29) is 24.3 Å². The molecule has 4 N–H and O–H groups in total. The molecule has 0 spiro atoms. The second-order valence-corrected chi connectivity index (χ2v) is 6.37. The van der Waals surface area contributed by atoms with Crippen molar-refractivity contribution in [2.24, 2.45) is 0 Å². The molecule has 9 heteroatoms. The van der Waals surface area contributed by atoms with E-state index >= 15 is 0 Å². The van der Waals surface area contributed by atoms with Gasteiger partial charge in [-0.3, -0.25) is 4.79 Å². The number of rotatable bonds is 6. The van der Waals surface area contributed by atoms with Gasteiger partial charge in [0, 0.05) is 13.0 Å². The predicted octanol–water partition coefficient (Wildman–Crippen LogP) is 0.308. The highest BCUT2D eigenvalue weighted by Gasteiger charge is 2.18. The summed E-state index contributed by atoms with van der Waals surface area (Å²) in [5.41, 5.74) is 1.01. The van der Waals surface area contributed by atoms with Gasteiger partial charge in [-0.2, -0.15) is 0 Å². The van der Waals surface area contributed by atoms with E-state index in [4.69, 9.17) is 5.11 Å². The molecule has 1 heterocycles. The van der Waals surface area contributed by atoms with Crippen LogP contribution in [0, 0.1) is 6.92 Å². The number of benzene rings is 1. The molecule has 0 aliphatic carbocycles. The van der Waals surface area contributed by atoms with Crippen molar-refractivity contribution in [1.29, 1.82) is 0 Å². The molecule has 21 heavy (non-hydrogen) atoms. The molecule has 2 aromatic rings. The van der Waals surface area contributed by atoms with E-state index in [9.17, 15) is 18.0 Å². The third-order valence-electron chi connectivity index (χ3n) is 2.96. The maximum atomic E-state index is 12.2. The van der Waals surface area contributed by atoms with Gasteiger partial charge in [-0.25, -0.2) is 17.9 Å². The van der Waals surface area contributed by atoms with Crippen LogP contribution in [0.1, 0.15) is 18.4 Å². The van der Waals surface area contributed by atoms with Gasteiger partial charge in [0.2, 0.25) is 10.0 Å². The van der Waals surface area contributed by atoms with Gasteiger partial charge in [0.1, 0.15) is 0 Å². The number of sulfonamides is 1. The van der Waals surface area contributed by atoms with Crippen LogP contribution in [-0.4, -0.2) is 36.0 Å². The van der Waals surface area contributed by atoms with Crippen LogP contribution >= 0.6 is 0 Å². The Bertz CT molecular complexity index is 834. The Kier molecular flexibility index (Phi) is 4.14. The lowest BCUT2D eigenvalue weighted by molar-refractivity contribution is -0.137. The second-order valence-electron chi connectivity index (χ2n) is 4.64. The number of aryl methyl sites for hydroxylation is 1. The smallest absolute Gasteiger partial charge is 0.323 e. The summed E-state index contributed by atoms with van der Waals surface area (Å²) < 4.78 is 26.7. The minimum atomic E-state index is -3.75. The van der Waals surface area contributed by atoms with Crippen LogP contribution in [0.3, 0.4) is 0 Å². The van der Waals surface area contributed by atoms with Gasteiger partial charge in [-0.15, -0.1) is 0 Å². The zero-order chi connectivity index (χ0) is 15.6. The number of imidazole rings is 1. The maximum Gasteiger partial charge on any atom is 0.323 e. The van der Waals surface area contributed by atoms with Gasteiger partial charge < -0.3 is 15.1 Å². The quantitative estimate of drug-likeness (QED) is 0.570. The van der Waals surface area contributed by atoms with Crippen LogP contribution in [0.2, 0.25) is 0 Å². The number of aliphatic carboxylic acids is 1. The average molecular weight is 313 g/mol. The molecule has 0 fully saturated rings. The minimum absolute atomic E-state index is 0.0375. The number of carbonyl (C=O) groups is 1. The predicted molar refractivity (Wildman–Crippen MR) is 75.7 cm³/mol. The molecule has 0 unspecified atom stereocenters. The van der Waals surface area contributed by atoms with Gasteiger partial charge in [0.05, 0.1) is 15.9 Å². The summed E-state index contributed by atoms with van der Waals surface area (Å²) in [6, 6.07) is 2.95. The summed E-state index contributed by atoms with van der Waals surface area (Å²) >= 11 is 0. The molecule has 0 bridgehead atoms. The topological polar surface area (TPSA) is 132 Å². The molecule has 1 aromatic heterocycles. The van der Waals surface area contributed by atoms with E-state index in [2.05, 4.69) is 14.7 Å². The Morgan fingerprint density at radius 1 is 1.29 bits per heavy atom. The van der Waals surface area contributed by atoms with E-state index < -0.39 is 21.7 Å². The van der Waals surface area contributed by atoms with Crippen molar-refractivity contribution >= 4 is 27.0 Å². The summed E-state index contributed by atoms with van der Waals surface area (Å²) in [7, 11) is -3.75. The Hall–Kier alpha value is -2.13. The van der Waals surface area contributed by atoms with Crippen molar-refractivity contribution in [2.45, 2.75) is 24.7 Å². The number of fused-ring (bicyclic) bond motifs is 1. The van der Waals surface area contributed by atoms with E-state index in [1.807, 2.05) is 0 Å². The summed E-state index contributed by atoms with van der Waals surface area (Å²) in [6.07, 6.45) is 0.0997. The number of H-pyrrole nitrogens is 2. The number of aromatic nitrogens is 2. The first-order valence-electron chi connectivity index (χ1n) is 6.24. The van der Waals surface area contributed by atoms with Crippen LogP contribution in [0.15, 0.2) is 21.8 Å². The van der Waals surface area contributed by atoms with Crippen molar-refractivity contribution in [3.8, 4) is 0 Å². The molecule has 0 saturated heterocycles. The van der Waals surface area contributed by atoms with Gasteiger partial charge in [-0.05, 0) is 31.0 Å². The maximum absolute atomic E-state index is 12.2. The zero-order valence-electron chi connectivity index (χ0n) is 11.3. The Balaban J connectivity index is 2.24. The fraction of sp³-hybridized carbons (Fsp3) is 0.333. The molecule has 0 aliphatic heterocycles. The molecule has 0 atom stereocenters. The van der Waals surface area contributed by atoms with Crippen molar-refractivity contribution in [3.05, 3.63) is 28.2 Å². The van der Waals surface area contributed by atoms with Crippen LogP contribution in [-0.2, 0) is 14.8 Å². The van der Waals surface area contributed by atoms with Crippen molar-refractivity contribution < 1.29 is 18.3 Å². The molecule has 8 nitrogen and oxygen atoms in total. The lowest BCUT2D eigenvalue weighted by atomic mass is 10.2. The average Bonchev–Trinajstić information content (AvgIpc) is 2.72. The normalized spacial score (nSPS) is 11.9. The molecule has 0 aliphatic rings. The number of carboxylic acid groups (broad SMARTS) is 1. The van der Waals surface area contributed by atoms with E-state index in [0.29, 0.717) is 16.6 Å². The number of hydrogen-bond donors (Lipinski definition) is 4. The van der Waals surface area contributed by atoms with Crippen LogP contribution < -0.4 is 10.4 Å².